The van der Waals surface area contributed by atoms with Gasteiger partial charge in [0.05, 0.1) is 18.6 Å². The van der Waals surface area contributed by atoms with Gasteiger partial charge in [-0.25, -0.2) is 4.98 Å². The van der Waals surface area contributed by atoms with Gasteiger partial charge < -0.3 is 9.64 Å². The molecule has 0 atom stereocenters. The fourth-order valence-electron chi connectivity index (χ4n) is 1.21. The maximum Gasteiger partial charge on any atom is 0.307 e. The molecule has 0 bridgehead atoms. The minimum atomic E-state index is -0.397. The third-order valence-electron chi connectivity index (χ3n) is 2.24. The molecule has 1 aromatic heterocycles. The van der Waals surface area contributed by atoms with Gasteiger partial charge in [0.25, 0.3) is 5.91 Å². The van der Waals surface area contributed by atoms with Gasteiger partial charge in [-0.15, -0.1) is 0 Å². The molecular weight excluding hydrogens is 279 g/mol. The number of esters is 1. The van der Waals surface area contributed by atoms with Gasteiger partial charge in [0.2, 0.25) is 0 Å². The number of hydrogen-bond donors (Lipinski definition) is 0. The van der Waals surface area contributed by atoms with E-state index in [1.165, 1.54) is 24.1 Å². The van der Waals surface area contributed by atoms with Gasteiger partial charge >= 0.3 is 5.97 Å². The summed E-state index contributed by atoms with van der Waals surface area (Å²) in [7, 11) is 2.84. The van der Waals surface area contributed by atoms with E-state index in [9.17, 15) is 9.59 Å². The van der Waals surface area contributed by atoms with Gasteiger partial charge in [-0.2, -0.15) is 0 Å². The van der Waals surface area contributed by atoms with Crippen molar-refractivity contribution in [3.63, 3.8) is 0 Å². The predicted octanol–water partition coefficient (Wildman–Crippen LogP) is 2.02. The van der Waals surface area contributed by atoms with Crippen molar-refractivity contribution in [2.24, 2.45) is 0 Å². The second kappa shape index (κ2) is 6.56. The maximum atomic E-state index is 12.0. The predicted molar refractivity (Wildman–Crippen MR) is 67.9 cm³/mol. The molecule has 0 unspecified atom stereocenters. The van der Waals surface area contributed by atoms with E-state index in [0.29, 0.717) is 0 Å². The van der Waals surface area contributed by atoms with Crippen LogP contribution in [0.3, 0.4) is 0 Å². The topological polar surface area (TPSA) is 59.5 Å². The van der Waals surface area contributed by atoms with Gasteiger partial charge in [0.1, 0.15) is 10.8 Å². The van der Waals surface area contributed by atoms with Crippen molar-refractivity contribution in [1.82, 2.24) is 9.88 Å². The molecule has 5 nitrogen and oxygen atoms in total. The molecule has 1 heterocycles. The van der Waals surface area contributed by atoms with Crippen LogP contribution in [0.1, 0.15) is 16.9 Å². The largest absolute Gasteiger partial charge is 0.469 e. The highest BCUT2D eigenvalue weighted by Crippen LogP contribution is 2.18. The molecule has 0 N–H and O–H groups in total. The number of carbonyl (C=O) groups is 2. The van der Waals surface area contributed by atoms with Gasteiger partial charge in [-0.05, 0) is 12.1 Å². The normalized spacial score (nSPS) is 10.0. The third kappa shape index (κ3) is 3.85. The highest BCUT2D eigenvalue weighted by molar-refractivity contribution is 6.34. The van der Waals surface area contributed by atoms with Gasteiger partial charge in [0.15, 0.2) is 0 Å². The van der Waals surface area contributed by atoms with Crippen molar-refractivity contribution in [3.05, 3.63) is 28.0 Å². The minimum Gasteiger partial charge on any atom is -0.469 e. The van der Waals surface area contributed by atoms with Crippen LogP contribution in [0.15, 0.2) is 12.1 Å². The van der Waals surface area contributed by atoms with Crippen molar-refractivity contribution in [3.8, 4) is 0 Å². The van der Waals surface area contributed by atoms with Crippen LogP contribution < -0.4 is 0 Å². The molecule has 0 radical (unpaired) electrons. The molecule has 18 heavy (non-hydrogen) atoms. The molecule has 0 fully saturated rings. The molecule has 0 aromatic carbocycles. The van der Waals surface area contributed by atoms with Gasteiger partial charge in [0, 0.05) is 13.6 Å². The Morgan fingerprint density at radius 2 is 2.06 bits per heavy atom. The Bertz CT molecular complexity index is 466. The molecule has 1 rings (SSSR count). The Labute approximate surface area is 115 Å². The maximum absolute atomic E-state index is 12.0. The summed E-state index contributed by atoms with van der Waals surface area (Å²) in [4.78, 5) is 28.2. The zero-order valence-corrected chi connectivity index (χ0v) is 11.5. The first-order valence-corrected chi connectivity index (χ1v) is 5.85. The second-order valence-corrected chi connectivity index (χ2v) is 4.31. The zero-order chi connectivity index (χ0) is 13.7. The average Bonchev–Trinajstić information content (AvgIpc) is 2.37. The number of hydrogen-bond acceptors (Lipinski definition) is 4. The molecule has 98 valence electrons. The van der Waals surface area contributed by atoms with E-state index in [0.717, 1.165) is 0 Å². The van der Waals surface area contributed by atoms with Crippen LogP contribution in [-0.4, -0.2) is 42.5 Å². The van der Waals surface area contributed by atoms with Crippen LogP contribution in [0.2, 0.25) is 10.2 Å². The van der Waals surface area contributed by atoms with E-state index < -0.39 is 5.91 Å². The van der Waals surface area contributed by atoms with Crippen molar-refractivity contribution in [2.75, 3.05) is 20.7 Å². The lowest BCUT2D eigenvalue weighted by molar-refractivity contribution is -0.140. The van der Waals surface area contributed by atoms with Crippen LogP contribution in [0, 0.1) is 0 Å². The summed E-state index contributed by atoms with van der Waals surface area (Å²) in [6.45, 7) is 0.218. The minimum absolute atomic E-state index is 0.0662. The number of nitrogens with zero attached hydrogens (tertiary/aromatic N) is 2. The van der Waals surface area contributed by atoms with Crippen LogP contribution in [0.4, 0.5) is 0 Å². The SMILES string of the molecule is COC(=O)CCN(C)C(=O)c1nc(Cl)ccc1Cl. The van der Waals surface area contributed by atoms with E-state index >= 15 is 0 Å². The standard InChI is InChI=1S/C11H12Cl2N2O3/c1-15(6-5-9(16)18-2)11(17)10-7(12)3-4-8(13)14-10/h3-4H,5-6H2,1-2H3. The third-order valence-corrected chi connectivity index (χ3v) is 2.76. The molecule has 1 aromatic rings. The number of aromatic nitrogens is 1. The Hall–Kier alpha value is -1.33. The molecule has 0 saturated heterocycles. The summed E-state index contributed by atoms with van der Waals surface area (Å²) >= 11 is 11.6. The molecule has 0 aliphatic carbocycles. The fraction of sp³-hybridized carbons (Fsp3) is 0.364. The summed E-state index contributed by atoms with van der Waals surface area (Å²) in [6, 6.07) is 2.99. The quantitative estimate of drug-likeness (QED) is 0.629. The Kier molecular flexibility index (Phi) is 5.37. The van der Waals surface area contributed by atoms with E-state index in [4.69, 9.17) is 23.2 Å². The summed E-state index contributed by atoms with van der Waals surface area (Å²) in [5.41, 5.74) is 0.0662. The van der Waals surface area contributed by atoms with E-state index in [-0.39, 0.29) is 34.8 Å². The smallest absolute Gasteiger partial charge is 0.307 e. The lowest BCUT2D eigenvalue weighted by Gasteiger charge is -2.16. The number of rotatable bonds is 4. The molecule has 0 aliphatic heterocycles. The highest BCUT2D eigenvalue weighted by atomic mass is 35.5. The number of methoxy groups -OCH3 is 1. The van der Waals surface area contributed by atoms with Gasteiger partial charge in [-0.3, -0.25) is 9.59 Å². The monoisotopic (exact) mass is 290 g/mol. The number of carbonyl (C=O) groups excluding carboxylic acids is 2. The zero-order valence-electron chi connectivity index (χ0n) is 9.94. The van der Waals surface area contributed by atoms with Crippen molar-refractivity contribution in [1.29, 1.82) is 0 Å². The van der Waals surface area contributed by atoms with Crippen LogP contribution >= 0.6 is 23.2 Å². The average molecular weight is 291 g/mol. The lowest BCUT2D eigenvalue weighted by atomic mass is 10.3. The Morgan fingerprint density at radius 1 is 1.39 bits per heavy atom. The van der Waals surface area contributed by atoms with Gasteiger partial charge in [-0.1, -0.05) is 23.2 Å². The molecule has 0 spiro atoms. The Balaban J connectivity index is 2.74. The summed E-state index contributed by atoms with van der Waals surface area (Å²) in [5, 5.41) is 0.401. The highest BCUT2D eigenvalue weighted by Gasteiger charge is 2.18. The van der Waals surface area contributed by atoms with Crippen LogP contribution in [0.25, 0.3) is 0 Å². The molecule has 0 saturated carbocycles. The number of pyridine rings is 1. The summed E-state index contributed by atoms with van der Waals surface area (Å²) < 4.78 is 4.49. The fourth-order valence-corrected chi connectivity index (χ4v) is 1.55. The number of ether oxygens (including phenoxy) is 1. The molecular formula is C11H12Cl2N2O3. The number of halogens is 2. The van der Waals surface area contributed by atoms with Crippen molar-refractivity contribution >= 4 is 35.1 Å². The van der Waals surface area contributed by atoms with E-state index in [1.807, 2.05) is 0 Å². The van der Waals surface area contributed by atoms with E-state index in [1.54, 1.807) is 7.05 Å². The van der Waals surface area contributed by atoms with Crippen LogP contribution in [0.5, 0.6) is 0 Å². The molecule has 7 heteroatoms. The number of amides is 1. The molecule has 1 amide bonds. The van der Waals surface area contributed by atoms with Crippen molar-refractivity contribution < 1.29 is 14.3 Å². The first kappa shape index (κ1) is 14.7. The Morgan fingerprint density at radius 3 is 2.67 bits per heavy atom. The van der Waals surface area contributed by atoms with E-state index in [2.05, 4.69) is 9.72 Å². The van der Waals surface area contributed by atoms with Crippen molar-refractivity contribution in [2.45, 2.75) is 6.42 Å². The summed E-state index contributed by atoms with van der Waals surface area (Å²) in [5.74, 6) is -0.786. The molecule has 0 aliphatic rings. The first-order valence-electron chi connectivity index (χ1n) is 5.10. The van der Waals surface area contributed by atoms with Crippen LogP contribution in [-0.2, 0) is 9.53 Å². The summed E-state index contributed by atoms with van der Waals surface area (Å²) in [6.07, 6.45) is 0.108. The lowest BCUT2D eigenvalue weighted by Crippen LogP contribution is -2.30. The first-order chi connectivity index (χ1) is 8.45. The second-order valence-electron chi connectivity index (χ2n) is 3.52.